The summed E-state index contributed by atoms with van der Waals surface area (Å²) >= 11 is 0. The van der Waals surface area contributed by atoms with Gasteiger partial charge >= 0.3 is 0 Å². The zero-order chi connectivity index (χ0) is 28.2. The molecule has 206 valence electrons. The van der Waals surface area contributed by atoms with E-state index in [2.05, 4.69) is 20.0 Å². The lowest BCUT2D eigenvalue weighted by Gasteiger charge is -2.30. The Morgan fingerprint density at radius 2 is 1.95 bits per heavy atom. The van der Waals surface area contributed by atoms with Crippen molar-refractivity contribution in [3.63, 3.8) is 0 Å². The third-order valence-electron chi connectivity index (χ3n) is 7.49. The maximum Gasteiger partial charge on any atom is 0.264 e. The van der Waals surface area contributed by atoms with E-state index in [1.165, 1.54) is 16.7 Å². The van der Waals surface area contributed by atoms with Crippen LogP contribution in [0, 0.1) is 6.92 Å². The Labute approximate surface area is 229 Å². The molecule has 2 unspecified atom stereocenters. The Hall–Kier alpha value is -4.23. The number of amides is 3. The number of fused-ring (bicyclic) bond motifs is 4. The molecular formula is C27H26N6O6S. The SMILES string of the molecule is Cc1nc2cccc(NC(=O)c3ccc4c(c3)[S+](=O)([O-])N=C3CCCCCN34)c2c(=O)n1C1CCC(=O)NC1=O. The smallest absolute Gasteiger partial charge is 0.264 e. The Morgan fingerprint density at radius 1 is 1.12 bits per heavy atom. The summed E-state index contributed by atoms with van der Waals surface area (Å²) in [6.07, 6.45) is 3.57. The van der Waals surface area contributed by atoms with Crippen LogP contribution in [0.4, 0.5) is 11.4 Å². The highest BCUT2D eigenvalue weighted by atomic mass is 32.3. The number of sulfonamides is 1. The minimum atomic E-state index is -3.99. The van der Waals surface area contributed by atoms with Crippen molar-refractivity contribution in [2.75, 3.05) is 16.8 Å². The molecule has 13 heteroatoms. The average molecular weight is 563 g/mol. The molecule has 4 heterocycles. The molecule has 3 aliphatic heterocycles. The van der Waals surface area contributed by atoms with Gasteiger partial charge in [0.05, 0.1) is 16.6 Å². The van der Waals surface area contributed by atoms with Crippen LogP contribution in [0.25, 0.3) is 10.9 Å². The summed E-state index contributed by atoms with van der Waals surface area (Å²) in [5.74, 6) is -0.798. The van der Waals surface area contributed by atoms with Crippen LogP contribution >= 0.6 is 0 Å². The van der Waals surface area contributed by atoms with Crippen molar-refractivity contribution >= 4 is 56.2 Å². The highest BCUT2D eigenvalue weighted by Gasteiger charge is 2.37. The van der Waals surface area contributed by atoms with Gasteiger partial charge in [0.15, 0.2) is 5.84 Å². The lowest BCUT2D eigenvalue weighted by atomic mass is 10.1. The van der Waals surface area contributed by atoms with Crippen molar-refractivity contribution in [3.05, 3.63) is 58.1 Å². The lowest BCUT2D eigenvalue weighted by molar-refractivity contribution is -0.135. The van der Waals surface area contributed by atoms with Crippen LogP contribution in [0.15, 0.2) is 50.5 Å². The topological polar surface area (TPSA) is 166 Å². The Balaban J connectivity index is 1.37. The lowest BCUT2D eigenvalue weighted by Crippen LogP contribution is -2.45. The van der Waals surface area contributed by atoms with Crippen LogP contribution in [0.1, 0.15) is 60.7 Å². The third kappa shape index (κ3) is 4.40. The van der Waals surface area contributed by atoms with Gasteiger partial charge in [-0.05, 0) is 54.8 Å². The third-order valence-corrected chi connectivity index (χ3v) is 8.82. The zero-order valence-corrected chi connectivity index (χ0v) is 22.5. The van der Waals surface area contributed by atoms with Gasteiger partial charge in [-0.15, -0.1) is 0 Å². The molecule has 0 saturated carbocycles. The van der Waals surface area contributed by atoms with E-state index in [4.69, 9.17) is 0 Å². The first-order valence-electron chi connectivity index (χ1n) is 13.1. The van der Waals surface area contributed by atoms with E-state index in [0.717, 1.165) is 19.3 Å². The number of nitrogens with zero attached hydrogens (tertiary/aromatic N) is 4. The van der Waals surface area contributed by atoms with Crippen LogP contribution in [0.2, 0.25) is 0 Å². The van der Waals surface area contributed by atoms with Crippen LogP contribution in [-0.4, -0.2) is 44.2 Å². The number of hydrogen-bond donors (Lipinski definition) is 2. The van der Waals surface area contributed by atoms with Crippen LogP contribution in [-0.2, 0) is 24.2 Å². The standard InChI is InChI=1S/C27H26N6O6S/c1-15-28-17-6-5-7-18(24(17)27(37)33(15)20-11-12-23(34)30-26(20)36)29-25(35)16-9-10-19-21(14-16)40(38,39)31-22-8-3-2-4-13-32(19)22/h5-7,9-10,14,20H,2-4,8,11-13H2,1H3,(H2-,29,30,34,35,36,37,38,39). The highest BCUT2D eigenvalue weighted by molar-refractivity contribution is 7.96. The molecule has 0 spiro atoms. The van der Waals surface area contributed by atoms with Gasteiger partial charge in [0.25, 0.3) is 11.5 Å². The Kier molecular flexibility index (Phi) is 6.34. The number of anilines is 2. The van der Waals surface area contributed by atoms with E-state index < -0.39 is 39.7 Å². The summed E-state index contributed by atoms with van der Waals surface area (Å²) in [6.45, 7) is 2.25. The van der Waals surface area contributed by atoms with Gasteiger partial charge in [-0.2, -0.15) is 0 Å². The van der Waals surface area contributed by atoms with Gasteiger partial charge in [-0.3, -0.25) is 29.1 Å². The summed E-state index contributed by atoms with van der Waals surface area (Å²) in [4.78, 5) is 57.5. The number of nitrogens with one attached hydrogen (secondary N) is 2. The van der Waals surface area contributed by atoms with Crippen molar-refractivity contribution < 1.29 is 23.1 Å². The number of carbonyl (C=O) groups is 3. The Bertz CT molecular complexity index is 1750. The second kappa shape index (κ2) is 9.75. The number of aromatic nitrogens is 2. The minimum absolute atomic E-state index is 0.0405. The maximum absolute atomic E-state index is 13.7. The van der Waals surface area contributed by atoms with E-state index in [0.29, 0.717) is 35.8 Å². The van der Waals surface area contributed by atoms with Gasteiger partial charge in [-0.25, -0.2) is 4.98 Å². The fourth-order valence-electron chi connectivity index (χ4n) is 5.57. The number of rotatable bonds is 3. The number of amidine groups is 1. The molecule has 2 N–H and O–H groups in total. The monoisotopic (exact) mass is 562 g/mol. The zero-order valence-electron chi connectivity index (χ0n) is 21.6. The number of carbonyl (C=O) groups excluding carboxylic acids is 3. The summed E-state index contributed by atoms with van der Waals surface area (Å²) < 4.78 is 31.3. The molecule has 2 saturated heterocycles. The highest BCUT2D eigenvalue weighted by Crippen LogP contribution is 2.37. The maximum atomic E-state index is 13.7. The number of imide groups is 1. The van der Waals surface area contributed by atoms with E-state index in [9.17, 15) is 27.9 Å². The average Bonchev–Trinajstić information content (AvgIpc) is 3.14. The van der Waals surface area contributed by atoms with E-state index in [-0.39, 0.29) is 34.4 Å². The second-order valence-electron chi connectivity index (χ2n) is 10.1. The van der Waals surface area contributed by atoms with Gasteiger partial charge in [0.1, 0.15) is 17.6 Å². The molecule has 3 aliphatic rings. The molecule has 2 aromatic carbocycles. The normalized spacial score (nSPS) is 22.6. The molecule has 0 bridgehead atoms. The second-order valence-corrected chi connectivity index (χ2v) is 11.7. The summed E-state index contributed by atoms with van der Waals surface area (Å²) in [7, 11) is -3.99. The van der Waals surface area contributed by atoms with Crippen LogP contribution < -0.4 is 21.1 Å². The largest absolute Gasteiger partial charge is 0.586 e. The number of hydrogen-bond acceptors (Lipinski definition) is 8. The van der Waals surface area contributed by atoms with Crippen molar-refractivity contribution in [1.82, 2.24) is 14.9 Å². The molecule has 0 aliphatic carbocycles. The molecule has 40 heavy (non-hydrogen) atoms. The molecule has 0 radical (unpaired) electrons. The van der Waals surface area contributed by atoms with E-state index in [1.807, 2.05) is 4.90 Å². The van der Waals surface area contributed by atoms with Gasteiger partial charge in [0.2, 0.25) is 27.1 Å². The first-order valence-corrected chi connectivity index (χ1v) is 14.5. The first-order chi connectivity index (χ1) is 19.1. The molecule has 6 rings (SSSR count). The summed E-state index contributed by atoms with van der Waals surface area (Å²) in [5, 5.41) is 5.07. The van der Waals surface area contributed by atoms with Gasteiger partial charge < -0.3 is 14.8 Å². The van der Waals surface area contributed by atoms with Crippen molar-refractivity contribution in [3.8, 4) is 0 Å². The van der Waals surface area contributed by atoms with Gasteiger partial charge in [0, 0.05) is 31.0 Å². The molecule has 3 aromatic rings. The summed E-state index contributed by atoms with van der Waals surface area (Å²) in [5.41, 5.74) is 0.525. The number of piperidine rings is 1. The van der Waals surface area contributed by atoms with Crippen molar-refractivity contribution in [2.45, 2.75) is 56.4 Å². The fourth-order valence-corrected chi connectivity index (χ4v) is 6.85. The predicted molar refractivity (Wildman–Crippen MR) is 147 cm³/mol. The molecule has 1 aromatic heterocycles. The molecule has 2 atom stereocenters. The molecule has 3 amide bonds. The fraction of sp³-hybridized carbons (Fsp3) is 0.333. The summed E-state index contributed by atoms with van der Waals surface area (Å²) in [6, 6.07) is 8.35. The Morgan fingerprint density at radius 3 is 2.75 bits per heavy atom. The first kappa shape index (κ1) is 26.0. The minimum Gasteiger partial charge on any atom is -0.586 e. The van der Waals surface area contributed by atoms with Crippen molar-refractivity contribution in [2.24, 2.45) is 4.40 Å². The number of aryl methyl sites for hydroxylation is 1. The van der Waals surface area contributed by atoms with Crippen LogP contribution in [0.3, 0.4) is 0 Å². The predicted octanol–water partition coefficient (Wildman–Crippen LogP) is 2.63. The van der Waals surface area contributed by atoms with Gasteiger partial charge in [-0.1, -0.05) is 16.7 Å². The van der Waals surface area contributed by atoms with Crippen molar-refractivity contribution in [1.29, 1.82) is 0 Å². The number of benzene rings is 2. The quantitative estimate of drug-likeness (QED) is 0.363. The molecule has 12 nitrogen and oxygen atoms in total. The van der Waals surface area contributed by atoms with E-state index in [1.54, 1.807) is 31.2 Å². The van der Waals surface area contributed by atoms with E-state index >= 15 is 0 Å². The van der Waals surface area contributed by atoms with Crippen LogP contribution in [0.5, 0.6) is 0 Å². The molecule has 2 fully saturated rings. The molecular weight excluding hydrogens is 536 g/mol.